The van der Waals surface area contributed by atoms with Gasteiger partial charge in [0.05, 0.1) is 18.8 Å². The van der Waals surface area contributed by atoms with E-state index in [4.69, 9.17) is 4.74 Å². The van der Waals surface area contributed by atoms with E-state index in [0.717, 1.165) is 25.6 Å². The van der Waals surface area contributed by atoms with Gasteiger partial charge >= 0.3 is 0 Å². The summed E-state index contributed by atoms with van der Waals surface area (Å²) in [4.78, 5) is 2.26. The first kappa shape index (κ1) is 13.3. The standard InChI is InChI=1S/C14H27NO2/c1-3-11-4-6-12(7-5-11)14(16)13-10-15(2)8-9-17-13/h11-14,16H,3-10H2,1-2H3. The molecule has 100 valence electrons. The molecule has 17 heavy (non-hydrogen) atoms. The molecule has 1 saturated heterocycles. The lowest BCUT2D eigenvalue weighted by molar-refractivity contribution is -0.106. The van der Waals surface area contributed by atoms with Crippen molar-refractivity contribution in [3.05, 3.63) is 0 Å². The number of ether oxygens (including phenoxy) is 1. The van der Waals surface area contributed by atoms with Gasteiger partial charge in [-0.25, -0.2) is 0 Å². The Labute approximate surface area is 105 Å². The fourth-order valence-corrected chi connectivity index (χ4v) is 3.26. The van der Waals surface area contributed by atoms with Crippen molar-refractivity contribution in [2.45, 2.75) is 51.2 Å². The number of aliphatic hydroxyl groups is 1. The molecule has 0 amide bonds. The van der Waals surface area contributed by atoms with Gasteiger partial charge in [0.25, 0.3) is 0 Å². The molecule has 0 spiro atoms. The van der Waals surface area contributed by atoms with Gasteiger partial charge < -0.3 is 14.7 Å². The summed E-state index contributed by atoms with van der Waals surface area (Å²) < 4.78 is 5.72. The summed E-state index contributed by atoms with van der Waals surface area (Å²) in [7, 11) is 2.11. The molecule has 0 aromatic rings. The van der Waals surface area contributed by atoms with E-state index in [-0.39, 0.29) is 12.2 Å². The fourth-order valence-electron chi connectivity index (χ4n) is 3.26. The van der Waals surface area contributed by atoms with Crippen molar-refractivity contribution >= 4 is 0 Å². The van der Waals surface area contributed by atoms with Crippen molar-refractivity contribution in [1.29, 1.82) is 0 Å². The van der Waals surface area contributed by atoms with Gasteiger partial charge in [0.2, 0.25) is 0 Å². The molecule has 0 radical (unpaired) electrons. The molecule has 2 fully saturated rings. The van der Waals surface area contributed by atoms with Crippen LogP contribution in [0.1, 0.15) is 39.0 Å². The maximum absolute atomic E-state index is 10.4. The molecule has 2 aliphatic rings. The van der Waals surface area contributed by atoms with Crippen LogP contribution in [0.3, 0.4) is 0 Å². The highest BCUT2D eigenvalue weighted by Gasteiger charge is 2.33. The Morgan fingerprint density at radius 3 is 2.59 bits per heavy atom. The molecule has 1 saturated carbocycles. The van der Waals surface area contributed by atoms with Crippen molar-refractivity contribution in [2.24, 2.45) is 11.8 Å². The third-order valence-corrected chi connectivity index (χ3v) is 4.63. The Morgan fingerprint density at radius 1 is 1.29 bits per heavy atom. The van der Waals surface area contributed by atoms with Crippen LogP contribution < -0.4 is 0 Å². The van der Waals surface area contributed by atoms with Crippen LogP contribution in [0, 0.1) is 11.8 Å². The Hall–Kier alpha value is -0.120. The van der Waals surface area contributed by atoms with Gasteiger partial charge in [-0.3, -0.25) is 0 Å². The lowest BCUT2D eigenvalue weighted by Gasteiger charge is -2.38. The zero-order valence-corrected chi connectivity index (χ0v) is 11.3. The van der Waals surface area contributed by atoms with E-state index in [1.165, 1.54) is 32.1 Å². The third-order valence-electron chi connectivity index (χ3n) is 4.63. The van der Waals surface area contributed by atoms with Crippen molar-refractivity contribution in [3.63, 3.8) is 0 Å². The van der Waals surface area contributed by atoms with Crippen LogP contribution in [0.5, 0.6) is 0 Å². The Morgan fingerprint density at radius 2 is 2.00 bits per heavy atom. The smallest absolute Gasteiger partial charge is 0.0963 e. The van der Waals surface area contributed by atoms with Crippen LogP contribution in [-0.2, 0) is 4.74 Å². The van der Waals surface area contributed by atoms with Crippen molar-refractivity contribution in [3.8, 4) is 0 Å². The second kappa shape index (κ2) is 6.17. The van der Waals surface area contributed by atoms with Gasteiger partial charge in [0.15, 0.2) is 0 Å². The average molecular weight is 241 g/mol. The first-order valence-corrected chi connectivity index (χ1v) is 7.19. The van der Waals surface area contributed by atoms with Gasteiger partial charge in [-0.15, -0.1) is 0 Å². The first-order valence-electron chi connectivity index (χ1n) is 7.19. The second-order valence-corrected chi connectivity index (χ2v) is 5.85. The zero-order valence-electron chi connectivity index (χ0n) is 11.3. The van der Waals surface area contributed by atoms with E-state index in [1.54, 1.807) is 0 Å². The van der Waals surface area contributed by atoms with Gasteiger partial charge in [-0.1, -0.05) is 26.2 Å². The summed E-state index contributed by atoms with van der Waals surface area (Å²) in [6, 6.07) is 0. The molecule has 1 aliphatic carbocycles. The molecule has 3 nitrogen and oxygen atoms in total. The number of hydrogen-bond acceptors (Lipinski definition) is 3. The lowest BCUT2D eigenvalue weighted by Crippen LogP contribution is -2.48. The Bertz CT molecular complexity index is 226. The minimum Gasteiger partial charge on any atom is -0.390 e. The summed E-state index contributed by atoms with van der Waals surface area (Å²) in [5.74, 6) is 1.36. The van der Waals surface area contributed by atoms with Crippen LogP contribution in [0.4, 0.5) is 0 Å². The number of aliphatic hydroxyl groups excluding tert-OH is 1. The van der Waals surface area contributed by atoms with Crippen LogP contribution in [-0.4, -0.2) is 49.0 Å². The number of rotatable bonds is 3. The lowest BCUT2D eigenvalue weighted by atomic mass is 9.77. The number of nitrogens with zero attached hydrogens (tertiary/aromatic N) is 1. The third kappa shape index (κ3) is 3.43. The molecule has 0 bridgehead atoms. The molecule has 2 atom stereocenters. The van der Waals surface area contributed by atoms with Gasteiger partial charge in [0.1, 0.15) is 0 Å². The molecule has 2 unspecified atom stereocenters. The maximum Gasteiger partial charge on any atom is 0.0963 e. The summed E-state index contributed by atoms with van der Waals surface area (Å²) in [5.41, 5.74) is 0. The highest BCUT2D eigenvalue weighted by molar-refractivity contribution is 4.84. The maximum atomic E-state index is 10.4. The summed E-state index contributed by atoms with van der Waals surface area (Å²) in [5, 5.41) is 10.4. The van der Waals surface area contributed by atoms with Crippen LogP contribution >= 0.6 is 0 Å². The van der Waals surface area contributed by atoms with E-state index < -0.39 is 0 Å². The zero-order chi connectivity index (χ0) is 12.3. The predicted octanol–water partition coefficient (Wildman–Crippen LogP) is 1.89. The normalized spacial score (nSPS) is 37.9. The minimum absolute atomic E-state index is 0.0388. The molecule has 3 heteroatoms. The van der Waals surface area contributed by atoms with E-state index in [1.807, 2.05) is 0 Å². The molecular formula is C14H27NO2. The van der Waals surface area contributed by atoms with Crippen LogP contribution in [0.2, 0.25) is 0 Å². The van der Waals surface area contributed by atoms with E-state index in [0.29, 0.717) is 5.92 Å². The highest BCUT2D eigenvalue weighted by Crippen LogP contribution is 2.34. The fraction of sp³-hybridized carbons (Fsp3) is 1.00. The molecule has 0 aromatic carbocycles. The summed E-state index contributed by atoms with van der Waals surface area (Å²) >= 11 is 0. The average Bonchev–Trinajstić information content (AvgIpc) is 2.38. The predicted molar refractivity (Wildman–Crippen MR) is 69.0 cm³/mol. The van der Waals surface area contributed by atoms with E-state index >= 15 is 0 Å². The molecule has 1 N–H and O–H groups in total. The number of morpholine rings is 1. The SMILES string of the molecule is CCC1CCC(C(O)C2CN(C)CCO2)CC1. The Kier molecular flexibility index (Phi) is 4.83. The van der Waals surface area contributed by atoms with Crippen LogP contribution in [0.15, 0.2) is 0 Å². The Balaban J connectivity index is 1.81. The molecule has 0 aromatic heterocycles. The highest BCUT2D eigenvalue weighted by atomic mass is 16.5. The molecule has 1 heterocycles. The van der Waals surface area contributed by atoms with Gasteiger partial charge in [-0.05, 0) is 31.7 Å². The first-order chi connectivity index (χ1) is 8.20. The van der Waals surface area contributed by atoms with Crippen molar-refractivity contribution < 1.29 is 9.84 Å². The molecule has 1 aliphatic heterocycles. The summed E-state index contributed by atoms with van der Waals surface area (Å²) in [6.07, 6.45) is 6.03. The van der Waals surface area contributed by atoms with Crippen molar-refractivity contribution in [1.82, 2.24) is 4.90 Å². The topological polar surface area (TPSA) is 32.7 Å². The summed E-state index contributed by atoms with van der Waals surface area (Å²) in [6.45, 7) is 4.92. The number of hydrogen-bond donors (Lipinski definition) is 1. The quantitative estimate of drug-likeness (QED) is 0.819. The van der Waals surface area contributed by atoms with Crippen LogP contribution in [0.25, 0.3) is 0 Å². The van der Waals surface area contributed by atoms with E-state index in [2.05, 4.69) is 18.9 Å². The largest absolute Gasteiger partial charge is 0.390 e. The minimum atomic E-state index is -0.254. The van der Waals surface area contributed by atoms with Gasteiger partial charge in [-0.2, -0.15) is 0 Å². The van der Waals surface area contributed by atoms with Gasteiger partial charge in [0, 0.05) is 13.1 Å². The monoisotopic (exact) mass is 241 g/mol. The molecular weight excluding hydrogens is 214 g/mol. The number of likely N-dealkylation sites (N-methyl/N-ethyl adjacent to an activating group) is 1. The van der Waals surface area contributed by atoms with E-state index in [9.17, 15) is 5.11 Å². The molecule has 2 rings (SSSR count). The van der Waals surface area contributed by atoms with Crippen molar-refractivity contribution in [2.75, 3.05) is 26.7 Å². The second-order valence-electron chi connectivity index (χ2n) is 5.85.